The number of benzene rings is 1. The van der Waals surface area contributed by atoms with E-state index >= 15 is 0 Å². The molecule has 0 radical (unpaired) electrons. The summed E-state index contributed by atoms with van der Waals surface area (Å²) in [6, 6.07) is 6.54. The summed E-state index contributed by atoms with van der Waals surface area (Å²) < 4.78 is 5.33. The van der Waals surface area contributed by atoms with Crippen LogP contribution in [0.4, 0.5) is 0 Å². The number of ether oxygens (including phenoxy) is 1. The molecule has 0 spiro atoms. The van der Waals surface area contributed by atoms with Crippen LogP contribution < -0.4 is 28.7 Å². The van der Waals surface area contributed by atoms with Gasteiger partial charge in [-0.15, -0.1) is 5.75 Å². The fourth-order valence-corrected chi connectivity index (χ4v) is 0.898. The molecule has 0 heterocycles. The average molecular weight is 172 g/mol. The smallest absolute Gasteiger partial charge is 0.872 e. The van der Waals surface area contributed by atoms with E-state index in [1.807, 2.05) is 0 Å². The van der Waals surface area contributed by atoms with E-state index in [9.17, 15) is 5.11 Å². The van der Waals surface area contributed by atoms with Crippen molar-refractivity contribution in [3.8, 4) is 11.5 Å². The van der Waals surface area contributed by atoms with Gasteiger partial charge >= 0.3 is 18.9 Å². The van der Waals surface area contributed by atoms with Crippen LogP contribution in [0.1, 0.15) is 19.8 Å². The van der Waals surface area contributed by atoms with E-state index in [-0.39, 0.29) is 24.6 Å². The molecule has 1 rings (SSSR count). The molecule has 2 nitrogen and oxygen atoms in total. The minimum absolute atomic E-state index is 0. The van der Waals surface area contributed by atoms with Crippen LogP contribution >= 0.6 is 0 Å². The van der Waals surface area contributed by atoms with Gasteiger partial charge in [-0.3, -0.25) is 0 Å². The summed E-state index contributed by atoms with van der Waals surface area (Å²) in [4.78, 5) is 0. The van der Waals surface area contributed by atoms with E-state index < -0.39 is 0 Å². The molecular formula is C10H13LiO2. The van der Waals surface area contributed by atoms with E-state index in [1.165, 1.54) is 12.1 Å². The minimum Gasteiger partial charge on any atom is -0.872 e. The predicted molar refractivity (Wildman–Crippen MR) is 46.3 cm³/mol. The van der Waals surface area contributed by atoms with Crippen molar-refractivity contribution >= 4 is 0 Å². The van der Waals surface area contributed by atoms with Gasteiger partial charge in [-0.2, -0.15) is 0 Å². The van der Waals surface area contributed by atoms with Crippen LogP contribution in [0.2, 0.25) is 0 Å². The summed E-state index contributed by atoms with van der Waals surface area (Å²) in [5, 5.41) is 10.8. The Hall–Kier alpha value is -0.583. The molecule has 0 aliphatic carbocycles. The predicted octanol–water partition coefficient (Wildman–Crippen LogP) is -1.06. The second kappa shape index (κ2) is 6.88. The van der Waals surface area contributed by atoms with Crippen molar-refractivity contribution in [1.82, 2.24) is 0 Å². The van der Waals surface area contributed by atoms with Crippen LogP contribution in [0.3, 0.4) is 0 Å². The van der Waals surface area contributed by atoms with Gasteiger partial charge in [-0.05, 0) is 18.6 Å². The van der Waals surface area contributed by atoms with Gasteiger partial charge < -0.3 is 9.84 Å². The molecule has 0 N–H and O–H groups in total. The Kier molecular flexibility index (Phi) is 6.57. The Balaban J connectivity index is 0.00000144. The van der Waals surface area contributed by atoms with E-state index in [0.29, 0.717) is 12.4 Å². The maximum absolute atomic E-state index is 10.8. The molecule has 1 aromatic rings. The maximum atomic E-state index is 10.8. The summed E-state index contributed by atoms with van der Waals surface area (Å²) >= 11 is 0. The van der Waals surface area contributed by atoms with Crippen molar-refractivity contribution in [3.63, 3.8) is 0 Å². The van der Waals surface area contributed by atoms with Crippen LogP contribution in [0.25, 0.3) is 0 Å². The summed E-state index contributed by atoms with van der Waals surface area (Å²) in [6.07, 6.45) is 2.14. The van der Waals surface area contributed by atoms with Crippen molar-refractivity contribution in [3.05, 3.63) is 24.3 Å². The van der Waals surface area contributed by atoms with E-state index in [1.54, 1.807) is 12.1 Å². The molecule has 0 fully saturated rings. The third kappa shape index (κ3) is 4.87. The third-order valence-corrected chi connectivity index (χ3v) is 1.57. The molecule has 0 bridgehead atoms. The number of rotatable bonds is 4. The number of hydrogen-bond acceptors (Lipinski definition) is 2. The van der Waals surface area contributed by atoms with Gasteiger partial charge in [0.25, 0.3) is 0 Å². The van der Waals surface area contributed by atoms with Gasteiger partial charge in [-0.1, -0.05) is 25.5 Å². The van der Waals surface area contributed by atoms with Crippen molar-refractivity contribution in [1.29, 1.82) is 0 Å². The van der Waals surface area contributed by atoms with Gasteiger partial charge in [0.2, 0.25) is 0 Å². The summed E-state index contributed by atoms with van der Waals surface area (Å²) in [7, 11) is 0. The first-order valence-electron chi connectivity index (χ1n) is 4.23. The normalized spacial score (nSPS) is 9.00. The molecular weight excluding hydrogens is 159 g/mol. The Morgan fingerprint density at radius 3 is 2.77 bits per heavy atom. The molecule has 66 valence electrons. The first kappa shape index (κ1) is 12.4. The van der Waals surface area contributed by atoms with E-state index in [0.717, 1.165) is 12.8 Å². The zero-order valence-electron chi connectivity index (χ0n) is 8.25. The average Bonchev–Trinajstić information content (AvgIpc) is 2.05. The van der Waals surface area contributed by atoms with Crippen molar-refractivity contribution < 1.29 is 28.7 Å². The van der Waals surface area contributed by atoms with Crippen LogP contribution in [0, 0.1) is 0 Å². The maximum Gasteiger partial charge on any atom is 1.00 e. The zero-order chi connectivity index (χ0) is 8.81. The SMILES string of the molecule is CCCCOc1cccc([O-])c1.[Li+]. The number of unbranched alkanes of at least 4 members (excludes halogenated alkanes) is 1. The first-order chi connectivity index (χ1) is 5.83. The third-order valence-electron chi connectivity index (χ3n) is 1.57. The molecule has 0 saturated heterocycles. The van der Waals surface area contributed by atoms with Crippen LogP contribution in [-0.4, -0.2) is 6.61 Å². The molecule has 0 unspecified atom stereocenters. The van der Waals surface area contributed by atoms with Gasteiger partial charge in [0.1, 0.15) is 5.75 Å². The fraction of sp³-hybridized carbons (Fsp3) is 0.400. The van der Waals surface area contributed by atoms with Gasteiger partial charge in [0.15, 0.2) is 0 Å². The van der Waals surface area contributed by atoms with E-state index in [4.69, 9.17) is 4.74 Å². The molecule has 0 aliphatic rings. The second-order valence-electron chi connectivity index (χ2n) is 2.68. The molecule has 0 aromatic heterocycles. The van der Waals surface area contributed by atoms with Gasteiger partial charge in [-0.25, -0.2) is 0 Å². The Morgan fingerprint density at radius 1 is 1.38 bits per heavy atom. The van der Waals surface area contributed by atoms with Crippen molar-refractivity contribution in [2.75, 3.05) is 6.61 Å². The Labute approximate surface area is 91.1 Å². The quantitative estimate of drug-likeness (QED) is 0.428. The monoisotopic (exact) mass is 172 g/mol. The molecule has 0 amide bonds. The molecule has 13 heavy (non-hydrogen) atoms. The summed E-state index contributed by atoms with van der Waals surface area (Å²) in [5.74, 6) is 0.681. The first-order valence-corrected chi connectivity index (χ1v) is 4.23. The number of hydrogen-bond donors (Lipinski definition) is 0. The largest absolute Gasteiger partial charge is 1.00 e. The van der Waals surface area contributed by atoms with Crippen molar-refractivity contribution in [2.24, 2.45) is 0 Å². The van der Waals surface area contributed by atoms with E-state index in [2.05, 4.69) is 6.92 Å². The van der Waals surface area contributed by atoms with Crippen LogP contribution in [0.15, 0.2) is 24.3 Å². The molecule has 0 saturated carbocycles. The van der Waals surface area contributed by atoms with Crippen molar-refractivity contribution in [2.45, 2.75) is 19.8 Å². The van der Waals surface area contributed by atoms with Gasteiger partial charge in [0.05, 0.1) is 6.61 Å². The molecule has 0 aliphatic heterocycles. The second-order valence-corrected chi connectivity index (χ2v) is 2.68. The Bertz CT molecular complexity index is 238. The Morgan fingerprint density at radius 2 is 2.15 bits per heavy atom. The zero-order valence-corrected chi connectivity index (χ0v) is 8.25. The standard InChI is InChI=1S/C10H14O2.Li/c1-2-3-7-12-10-6-4-5-9(11)8-10;/h4-6,8,11H,2-3,7H2,1H3;/q;+1/p-1. The van der Waals surface area contributed by atoms with Crippen LogP contribution in [-0.2, 0) is 0 Å². The molecule has 0 atom stereocenters. The van der Waals surface area contributed by atoms with Crippen LogP contribution in [0.5, 0.6) is 11.5 Å². The summed E-state index contributed by atoms with van der Waals surface area (Å²) in [5.41, 5.74) is 0. The summed E-state index contributed by atoms with van der Waals surface area (Å²) in [6.45, 7) is 2.80. The molecule has 1 aromatic carbocycles. The fourth-order valence-electron chi connectivity index (χ4n) is 0.898. The molecule has 3 heteroatoms. The minimum atomic E-state index is 0. The topological polar surface area (TPSA) is 32.3 Å². The van der Waals surface area contributed by atoms with Gasteiger partial charge in [0, 0.05) is 0 Å².